The molecule has 0 fully saturated rings. The van der Waals surface area contributed by atoms with E-state index >= 15 is 0 Å². The van der Waals surface area contributed by atoms with Crippen LogP contribution in [0.2, 0.25) is 5.02 Å². The van der Waals surface area contributed by atoms with Crippen molar-refractivity contribution < 1.29 is 18.7 Å². The van der Waals surface area contributed by atoms with E-state index < -0.39 is 6.10 Å². The van der Waals surface area contributed by atoms with Gasteiger partial charge in [-0.2, -0.15) is 0 Å². The number of carbonyl (C=O) groups excluding carboxylic acids is 1. The fraction of sp³-hybridized carbons (Fsp3) is 0.167. The highest BCUT2D eigenvalue weighted by atomic mass is 35.5. The molecule has 0 spiro atoms. The molecule has 0 unspecified atom stereocenters. The van der Waals surface area contributed by atoms with Crippen LogP contribution in [0.3, 0.4) is 0 Å². The predicted molar refractivity (Wildman–Crippen MR) is 100 cm³/mol. The van der Waals surface area contributed by atoms with Crippen molar-refractivity contribution in [1.82, 2.24) is 10.2 Å². The molecule has 0 saturated carbocycles. The van der Waals surface area contributed by atoms with Gasteiger partial charge in [0.25, 0.3) is 11.1 Å². The zero-order chi connectivity index (χ0) is 18.6. The number of fused-ring (bicyclic) bond motifs is 1. The number of hydrogen-bond donors (Lipinski definition) is 1. The minimum atomic E-state index is -0.487. The van der Waals surface area contributed by atoms with Crippen LogP contribution in [0.1, 0.15) is 12.0 Å². The van der Waals surface area contributed by atoms with Gasteiger partial charge in [0.2, 0.25) is 12.0 Å². The van der Waals surface area contributed by atoms with Gasteiger partial charge in [-0.05, 0) is 24.3 Å². The van der Waals surface area contributed by atoms with Crippen molar-refractivity contribution in [3.8, 4) is 11.5 Å². The largest absolute Gasteiger partial charge is 0.485 e. The van der Waals surface area contributed by atoms with Crippen LogP contribution in [-0.4, -0.2) is 28.5 Å². The highest BCUT2D eigenvalue weighted by Crippen LogP contribution is 2.35. The molecule has 1 aromatic heterocycles. The second-order valence-corrected chi connectivity index (χ2v) is 6.92. The van der Waals surface area contributed by atoms with Gasteiger partial charge in [0.1, 0.15) is 6.61 Å². The summed E-state index contributed by atoms with van der Waals surface area (Å²) in [6, 6.07) is 14.4. The first-order valence-corrected chi connectivity index (χ1v) is 9.44. The summed E-state index contributed by atoms with van der Waals surface area (Å²) in [6.07, 6.45) is -0.487. The Morgan fingerprint density at radius 2 is 1.93 bits per heavy atom. The van der Waals surface area contributed by atoms with E-state index in [0.717, 1.165) is 11.8 Å². The first kappa shape index (κ1) is 17.7. The van der Waals surface area contributed by atoms with Gasteiger partial charge >= 0.3 is 0 Å². The SMILES string of the molecule is O=C(CSc1nnc([C@H]2COc3ccccc3O2)o1)Nc1ccccc1Cl. The summed E-state index contributed by atoms with van der Waals surface area (Å²) in [6.45, 7) is 0.274. The van der Waals surface area contributed by atoms with Gasteiger partial charge in [0.15, 0.2) is 11.5 Å². The minimum absolute atomic E-state index is 0.109. The molecule has 1 aliphatic rings. The van der Waals surface area contributed by atoms with E-state index in [-0.39, 0.29) is 23.5 Å². The summed E-state index contributed by atoms with van der Waals surface area (Å²) < 4.78 is 17.1. The zero-order valence-corrected chi connectivity index (χ0v) is 15.5. The molecular formula is C18H14ClN3O4S. The molecule has 9 heteroatoms. The topological polar surface area (TPSA) is 86.5 Å². The van der Waals surface area contributed by atoms with Gasteiger partial charge in [0.05, 0.1) is 16.5 Å². The van der Waals surface area contributed by atoms with Crippen LogP contribution in [0, 0.1) is 0 Å². The molecule has 1 aliphatic heterocycles. The molecule has 0 saturated heterocycles. The van der Waals surface area contributed by atoms with Crippen LogP contribution in [0.15, 0.2) is 58.2 Å². The molecule has 4 rings (SSSR count). The number of aromatic nitrogens is 2. The third kappa shape index (κ3) is 4.17. The van der Waals surface area contributed by atoms with E-state index in [1.54, 1.807) is 24.3 Å². The van der Waals surface area contributed by atoms with E-state index in [4.69, 9.17) is 25.5 Å². The summed E-state index contributed by atoms with van der Waals surface area (Å²) >= 11 is 7.15. The van der Waals surface area contributed by atoms with Crippen molar-refractivity contribution >= 4 is 35.0 Å². The highest BCUT2D eigenvalue weighted by Gasteiger charge is 2.27. The molecule has 0 bridgehead atoms. The number of para-hydroxylation sites is 3. The maximum Gasteiger partial charge on any atom is 0.277 e. The molecule has 7 nitrogen and oxygen atoms in total. The summed E-state index contributed by atoms with van der Waals surface area (Å²) in [7, 11) is 0. The Hall–Kier alpha value is -2.71. The predicted octanol–water partition coefficient (Wildman–Crippen LogP) is 3.97. The van der Waals surface area contributed by atoms with Gasteiger partial charge < -0.3 is 19.2 Å². The Bertz CT molecular complexity index is 965. The lowest BCUT2D eigenvalue weighted by molar-refractivity contribution is -0.113. The lowest BCUT2D eigenvalue weighted by Gasteiger charge is -2.23. The standard InChI is InChI=1S/C18H14ClN3O4S/c19-11-5-1-2-6-12(11)20-16(23)10-27-18-22-21-17(26-18)15-9-24-13-7-3-4-8-14(13)25-15/h1-8,15H,9-10H2,(H,20,23)/t15-/m1/s1. The van der Waals surface area contributed by atoms with Crippen molar-refractivity contribution in [2.75, 3.05) is 17.7 Å². The lowest BCUT2D eigenvalue weighted by Crippen LogP contribution is -2.21. The fourth-order valence-corrected chi connectivity index (χ4v) is 3.18. The first-order valence-electron chi connectivity index (χ1n) is 8.08. The number of benzene rings is 2. The number of rotatable bonds is 5. The van der Waals surface area contributed by atoms with Gasteiger partial charge in [-0.25, -0.2) is 0 Å². The molecule has 2 aromatic carbocycles. The van der Waals surface area contributed by atoms with Crippen molar-refractivity contribution in [2.45, 2.75) is 11.3 Å². The van der Waals surface area contributed by atoms with E-state index in [1.165, 1.54) is 0 Å². The minimum Gasteiger partial charge on any atom is -0.485 e. The van der Waals surface area contributed by atoms with Crippen LogP contribution in [0.25, 0.3) is 0 Å². The maximum absolute atomic E-state index is 12.1. The van der Waals surface area contributed by atoms with Crippen molar-refractivity contribution in [3.05, 3.63) is 59.4 Å². The number of ether oxygens (including phenoxy) is 2. The molecule has 0 radical (unpaired) electrons. The Labute approximate surface area is 164 Å². The van der Waals surface area contributed by atoms with Crippen LogP contribution >= 0.6 is 23.4 Å². The highest BCUT2D eigenvalue weighted by molar-refractivity contribution is 7.99. The van der Waals surface area contributed by atoms with E-state index in [0.29, 0.717) is 28.1 Å². The van der Waals surface area contributed by atoms with Gasteiger partial charge in [-0.3, -0.25) is 4.79 Å². The molecule has 1 atom stereocenters. The third-order valence-corrected chi connectivity index (χ3v) is 4.83. The molecule has 27 heavy (non-hydrogen) atoms. The second-order valence-electron chi connectivity index (χ2n) is 5.59. The van der Waals surface area contributed by atoms with Gasteiger partial charge in [-0.15, -0.1) is 10.2 Å². The number of anilines is 1. The number of hydrogen-bond acceptors (Lipinski definition) is 7. The zero-order valence-electron chi connectivity index (χ0n) is 13.9. The van der Waals surface area contributed by atoms with Crippen molar-refractivity contribution in [2.24, 2.45) is 0 Å². The van der Waals surface area contributed by atoms with Crippen LogP contribution in [-0.2, 0) is 4.79 Å². The van der Waals surface area contributed by atoms with E-state index in [1.807, 2.05) is 24.3 Å². The lowest BCUT2D eigenvalue weighted by atomic mass is 10.2. The van der Waals surface area contributed by atoms with Crippen LogP contribution in [0.5, 0.6) is 11.5 Å². The van der Waals surface area contributed by atoms with E-state index in [9.17, 15) is 4.79 Å². The van der Waals surface area contributed by atoms with Gasteiger partial charge in [0, 0.05) is 0 Å². The number of carbonyl (C=O) groups is 1. The van der Waals surface area contributed by atoms with Crippen LogP contribution < -0.4 is 14.8 Å². The average molecular weight is 404 g/mol. The molecule has 138 valence electrons. The number of nitrogens with zero attached hydrogens (tertiary/aromatic N) is 2. The van der Waals surface area contributed by atoms with Crippen LogP contribution in [0.4, 0.5) is 5.69 Å². The molecule has 3 aromatic rings. The van der Waals surface area contributed by atoms with E-state index in [2.05, 4.69) is 15.5 Å². The molecular weight excluding hydrogens is 390 g/mol. The number of amides is 1. The van der Waals surface area contributed by atoms with Crippen molar-refractivity contribution in [1.29, 1.82) is 0 Å². The Morgan fingerprint density at radius 3 is 2.78 bits per heavy atom. The molecule has 0 aliphatic carbocycles. The Morgan fingerprint density at radius 1 is 1.15 bits per heavy atom. The third-order valence-electron chi connectivity index (χ3n) is 3.68. The first-order chi connectivity index (χ1) is 13.2. The molecule has 2 heterocycles. The summed E-state index contributed by atoms with van der Waals surface area (Å²) in [5, 5.41) is 11.4. The van der Waals surface area contributed by atoms with Crippen molar-refractivity contribution in [3.63, 3.8) is 0 Å². The fourth-order valence-electron chi connectivity index (χ4n) is 2.43. The molecule has 1 N–H and O–H groups in total. The molecule has 1 amide bonds. The second kappa shape index (κ2) is 7.89. The number of nitrogens with one attached hydrogen (secondary N) is 1. The summed E-state index contributed by atoms with van der Waals surface area (Å²) in [5.41, 5.74) is 0.558. The Balaban J connectivity index is 1.34. The van der Waals surface area contributed by atoms with Gasteiger partial charge in [-0.1, -0.05) is 47.6 Å². The maximum atomic E-state index is 12.1. The summed E-state index contributed by atoms with van der Waals surface area (Å²) in [4.78, 5) is 12.1. The smallest absolute Gasteiger partial charge is 0.277 e. The summed E-state index contributed by atoms with van der Waals surface area (Å²) in [5.74, 6) is 1.49. The normalized spacial score (nSPS) is 15.4. The monoisotopic (exact) mass is 403 g/mol. The quantitative estimate of drug-likeness (QED) is 0.645. The average Bonchev–Trinajstić information content (AvgIpc) is 3.17. The Kier molecular flexibility index (Phi) is 5.17. The number of halogens is 1. The number of thioether (sulfide) groups is 1.